The fourth-order valence-electron chi connectivity index (χ4n) is 4.38. The van der Waals surface area contributed by atoms with Gasteiger partial charge in [0.1, 0.15) is 18.1 Å². The van der Waals surface area contributed by atoms with E-state index in [1.165, 1.54) is 37.7 Å². The second-order valence-corrected chi connectivity index (χ2v) is 8.49. The van der Waals surface area contributed by atoms with E-state index in [1.807, 2.05) is 30.3 Å². The number of pyridine rings is 1. The van der Waals surface area contributed by atoms with E-state index in [4.69, 9.17) is 9.72 Å². The molecule has 1 aliphatic rings. The van der Waals surface area contributed by atoms with E-state index < -0.39 is 0 Å². The first-order chi connectivity index (χ1) is 15.3. The van der Waals surface area contributed by atoms with Crippen LogP contribution in [0.3, 0.4) is 0 Å². The van der Waals surface area contributed by atoms with Crippen LogP contribution in [0.2, 0.25) is 0 Å². The molecule has 31 heavy (non-hydrogen) atoms. The Bertz CT molecular complexity index is 1140. The van der Waals surface area contributed by atoms with E-state index in [0.29, 0.717) is 12.6 Å². The third kappa shape index (κ3) is 4.29. The molecule has 1 aliphatic carbocycles. The average molecular weight is 412 g/mol. The van der Waals surface area contributed by atoms with Crippen LogP contribution in [-0.4, -0.2) is 15.4 Å². The van der Waals surface area contributed by atoms with Crippen molar-refractivity contribution in [3.63, 3.8) is 0 Å². The first-order valence-corrected chi connectivity index (χ1v) is 11.3. The van der Waals surface area contributed by atoms with Gasteiger partial charge in [-0.25, -0.2) is 4.98 Å². The van der Waals surface area contributed by atoms with Crippen molar-refractivity contribution in [1.82, 2.24) is 9.38 Å². The summed E-state index contributed by atoms with van der Waals surface area (Å²) < 4.78 is 8.36. The maximum atomic E-state index is 6.21. The molecule has 0 aliphatic heterocycles. The zero-order valence-corrected chi connectivity index (χ0v) is 18.1. The molecule has 0 amide bonds. The molecule has 0 bridgehead atoms. The van der Waals surface area contributed by atoms with Crippen molar-refractivity contribution in [3.05, 3.63) is 84.1 Å². The third-order valence-electron chi connectivity index (χ3n) is 6.12. The number of anilines is 1. The number of imidazole rings is 1. The van der Waals surface area contributed by atoms with E-state index >= 15 is 0 Å². The fourth-order valence-corrected chi connectivity index (χ4v) is 4.38. The van der Waals surface area contributed by atoms with Crippen molar-refractivity contribution in [2.24, 2.45) is 0 Å². The predicted octanol–water partition coefficient (Wildman–Crippen LogP) is 6.63. The minimum Gasteiger partial charge on any atom is -0.485 e. The standard InChI is InChI=1S/C27H29N3O/c1-20-14-16-22(17-15-20)25-27(28-23-11-6-3-7-12-23)30-18-8-13-24(26(30)29-25)31-19-21-9-4-2-5-10-21/h2,4-5,8-10,13-18,23,28H,3,6-7,11-12,19H2,1H3. The molecule has 1 saturated carbocycles. The van der Waals surface area contributed by atoms with Gasteiger partial charge >= 0.3 is 0 Å². The quantitative estimate of drug-likeness (QED) is 0.387. The van der Waals surface area contributed by atoms with Crippen LogP contribution >= 0.6 is 0 Å². The van der Waals surface area contributed by atoms with Gasteiger partial charge in [0.25, 0.3) is 0 Å². The van der Waals surface area contributed by atoms with Crippen LogP contribution in [0.25, 0.3) is 16.9 Å². The van der Waals surface area contributed by atoms with Gasteiger partial charge in [0.15, 0.2) is 11.4 Å². The molecule has 4 heteroatoms. The number of benzene rings is 2. The molecule has 0 saturated heterocycles. The van der Waals surface area contributed by atoms with Crippen LogP contribution in [0, 0.1) is 6.92 Å². The van der Waals surface area contributed by atoms with E-state index in [9.17, 15) is 0 Å². The maximum absolute atomic E-state index is 6.21. The van der Waals surface area contributed by atoms with Crippen molar-refractivity contribution >= 4 is 11.5 Å². The number of ether oxygens (including phenoxy) is 1. The molecule has 0 radical (unpaired) electrons. The summed E-state index contributed by atoms with van der Waals surface area (Å²) >= 11 is 0. The molecule has 2 aromatic carbocycles. The van der Waals surface area contributed by atoms with Gasteiger partial charge in [-0.1, -0.05) is 79.4 Å². The Morgan fingerprint density at radius 3 is 2.48 bits per heavy atom. The Morgan fingerprint density at radius 2 is 1.71 bits per heavy atom. The van der Waals surface area contributed by atoms with E-state index in [1.54, 1.807) is 0 Å². The minimum atomic E-state index is 0.492. The average Bonchev–Trinajstić information content (AvgIpc) is 3.18. The Balaban J connectivity index is 1.54. The monoisotopic (exact) mass is 411 g/mol. The Hall–Kier alpha value is -3.27. The first-order valence-electron chi connectivity index (χ1n) is 11.3. The number of aryl methyl sites for hydroxylation is 1. The molecule has 1 fully saturated rings. The number of aromatic nitrogens is 2. The fraction of sp³-hybridized carbons (Fsp3) is 0.296. The molecule has 0 atom stereocenters. The summed E-state index contributed by atoms with van der Waals surface area (Å²) in [5.41, 5.74) is 5.37. The molecule has 4 nitrogen and oxygen atoms in total. The molecule has 5 rings (SSSR count). The van der Waals surface area contributed by atoms with Crippen LogP contribution in [0.15, 0.2) is 72.9 Å². The largest absolute Gasteiger partial charge is 0.485 e. The molecule has 0 spiro atoms. The van der Waals surface area contributed by atoms with Gasteiger partial charge in [-0.05, 0) is 37.5 Å². The predicted molar refractivity (Wildman–Crippen MR) is 127 cm³/mol. The highest BCUT2D eigenvalue weighted by Crippen LogP contribution is 2.34. The van der Waals surface area contributed by atoms with Crippen LogP contribution < -0.4 is 10.1 Å². The van der Waals surface area contributed by atoms with Gasteiger partial charge in [0.2, 0.25) is 0 Å². The van der Waals surface area contributed by atoms with Gasteiger partial charge in [-0.3, -0.25) is 4.40 Å². The lowest BCUT2D eigenvalue weighted by atomic mass is 9.95. The van der Waals surface area contributed by atoms with E-state index in [0.717, 1.165) is 34.0 Å². The lowest BCUT2D eigenvalue weighted by molar-refractivity contribution is 0.308. The molecule has 2 aromatic heterocycles. The number of rotatable bonds is 6. The number of nitrogens with one attached hydrogen (secondary N) is 1. The molecule has 1 N–H and O–H groups in total. The topological polar surface area (TPSA) is 38.6 Å². The summed E-state index contributed by atoms with van der Waals surface area (Å²) in [6.45, 7) is 2.64. The number of fused-ring (bicyclic) bond motifs is 1. The zero-order valence-electron chi connectivity index (χ0n) is 18.1. The molecule has 2 heterocycles. The summed E-state index contributed by atoms with van der Waals surface area (Å²) in [6.07, 6.45) is 8.43. The molecule has 4 aromatic rings. The summed E-state index contributed by atoms with van der Waals surface area (Å²) in [5.74, 6) is 1.87. The Morgan fingerprint density at radius 1 is 0.935 bits per heavy atom. The summed E-state index contributed by atoms with van der Waals surface area (Å²) in [7, 11) is 0. The lowest BCUT2D eigenvalue weighted by Gasteiger charge is -2.24. The molecule has 158 valence electrons. The highest BCUT2D eigenvalue weighted by molar-refractivity contribution is 5.78. The first kappa shape index (κ1) is 19.7. The van der Waals surface area contributed by atoms with Crippen molar-refractivity contribution < 1.29 is 4.74 Å². The highest BCUT2D eigenvalue weighted by Gasteiger charge is 2.21. The van der Waals surface area contributed by atoms with Gasteiger partial charge in [0, 0.05) is 17.8 Å². The number of hydrogen-bond acceptors (Lipinski definition) is 3. The van der Waals surface area contributed by atoms with Crippen LogP contribution in [0.5, 0.6) is 5.75 Å². The zero-order chi connectivity index (χ0) is 21.0. The SMILES string of the molecule is Cc1ccc(-c2nc3c(OCc4ccccc4)cccn3c2NC2CCCCC2)cc1. The van der Waals surface area contributed by atoms with Crippen LogP contribution in [0.4, 0.5) is 5.82 Å². The van der Waals surface area contributed by atoms with E-state index in [2.05, 4.69) is 59.2 Å². The van der Waals surface area contributed by atoms with Gasteiger partial charge in [-0.2, -0.15) is 0 Å². The summed E-state index contributed by atoms with van der Waals surface area (Å²) in [6, 6.07) is 23.4. The molecule has 0 unspecified atom stereocenters. The molecular weight excluding hydrogens is 382 g/mol. The number of nitrogens with zero attached hydrogens (tertiary/aromatic N) is 2. The number of hydrogen-bond donors (Lipinski definition) is 1. The van der Waals surface area contributed by atoms with Crippen molar-refractivity contribution in [1.29, 1.82) is 0 Å². The van der Waals surface area contributed by atoms with Crippen molar-refractivity contribution in [3.8, 4) is 17.0 Å². The minimum absolute atomic E-state index is 0.492. The second kappa shape index (κ2) is 8.84. The van der Waals surface area contributed by atoms with Gasteiger partial charge in [-0.15, -0.1) is 0 Å². The smallest absolute Gasteiger partial charge is 0.181 e. The summed E-state index contributed by atoms with van der Waals surface area (Å²) in [5, 5.41) is 3.83. The van der Waals surface area contributed by atoms with E-state index in [-0.39, 0.29) is 0 Å². The summed E-state index contributed by atoms with van der Waals surface area (Å²) in [4.78, 5) is 5.07. The van der Waals surface area contributed by atoms with Crippen LogP contribution in [-0.2, 0) is 6.61 Å². The lowest BCUT2D eigenvalue weighted by Crippen LogP contribution is -2.23. The third-order valence-corrected chi connectivity index (χ3v) is 6.12. The Labute approximate surface area is 183 Å². The van der Waals surface area contributed by atoms with Crippen LogP contribution in [0.1, 0.15) is 43.2 Å². The van der Waals surface area contributed by atoms with Crippen molar-refractivity contribution in [2.75, 3.05) is 5.32 Å². The maximum Gasteiger partial charge on any atom is 0.181 e. The molecular formula is C27H29N3O. The van der Waals surface area contributed by atoms with Gasteiger partial charge < -0.3 is 10.1 Å². The Kier molecular flexibility index (Phi) is 5.61. The van der Waals surface area contributed by atoms with Gasteiger partial charge in [0.05, 0.1) is 0 Å². The normalized spacial score (nSPS) is 14.6. The highest BCUT2D eigenvalue weighted by atomic mass is 16.5. The second-order valence-electron chi connectivity index (χ2n) is 8.49. The van der Waals surface area contributed by atoms with Crippen molar-refractivity contribution in [2.45, 2.75) is 51.7 Å².